The van der Waals surface area contributed by atoms with Gasteiger partial charge in [-0.1, -0.05) is 23.7 Å². The molecule has 3 rings (SSSR count). The summed E-state index contributed by atoms with van der Waals surface area (Å²) in [7, 11) is 0. The lowest BCUT2D eigenvalue weighted by Gasteiger charge is -2.15. The fourth-order valence-electron chi connectivity index (χ4n) is 3.06. The Morgan fingerprint density at radius 1 is 1.20 bits per heavy atom. The van der Waals surface area contributed by atoms with Crippen molar-refractivity contribution in [1.29, 1.82) is 0 Å². The number of guanidine groups is 1. The van der Waals surface area contributed by atoms with E-state index in [1.165, 1.54) is 6.92 Å². The number of benzene rings is 2. The van der Waals surface area contributed by atoms with Gasteiger partial charge in [0.25, 0.3) is 5.91 Å². The van der Waals surface area contributed by atoms with Crippen LogP contribution in [-0.4, -0.2) is 37.0 Å². The molecule has 0 unspecified atom stereocenters. The van der Waals surface area contributed by atoms with Crippen molar-refractivity contribution in [2.45, 2.75) is 32.8 Å². The largest absolute Gasteiger partial charge is 0.376 e. The molecule has 1 heterocycles. The minimum absolute atomic E-state index is 0.0373. The quantitative estimate of drug-likeness (QED) is 0.496. The predicted molar refractivity (Wildman–Crippen MR) is 119 cm³/mol. The van der Waals surface area contributed by atoms with Crippen molar-refractivity contribution in [3.8, 4) is 0 Å². The van der Waals surface area contributed by atoms with Gasteiger partial charge in [-0.15, -0.1) is 0 Å². The number of halogens is 1. The van der Waals surface area contributed by atoms with Crippen molar-refractivity contribution >= 4 is 40.7 Å². The molecule has 8 heteroatoms. The Hall–Kier alpha value is -2.90. The zero-order chi connectivity index (χ0) is 21.5. The standard InChI is InChI=1S/C22H25ClN4O3/c1-14-8-9-20(19(23)11-14)26-22(24-13-18-7-4-10-30-18)27-21(29)16-5-3-6-17(12-16)25-15(2)28/h3,5-6,8-9,11-12,18H,4,7,10,13H2,1-2H3,(H,25,28)(H2,24,26,27,29)/t18-/m1/s1. The topological polar surface area (TPSA) is 91.8 Å². The highest BCUT2D eigenvalue weighted by molar-refractivity contribution is 6.34. The molecule has 158 valence electrons. The Morgan fingerprint density at radius 3 is 2.73 bits per heavy atom. The molecular formula is C22H25ClN4O3. The monoisotopic (exact) mass is 428 g/mol. The van der Waals surface area contributed by atoms with Crippen LogP contribution < -0.4 is 16.0 Å². The van der Waals surface area contributed by atoms with Crippen LogP contribution in [-0.2, 0) is 9.53 Å². The zero-order valence-corrected chi connectivity index (χ0v) is 17.8. The van der Waals surface area contributed by atoms with Crippen LogP contribution in [0.2, 0.25) is 5.02 Å². The number of amides is 2. The highest BCUT2D eigenvalue weighted by atomic mass is 35.5. The summed E-state index contributed by atoms with van der Waals surface area (Å²) in [6, 6.07) is 12.3. The molecule has 1 atom stereocenters. The number of ether oxygens (including phenoxy) is 1. The van der Waals surface area contributed by atoms with Crippen LogP contribution in [0.3, 0.4) is 0 Å². The van der Waals surface area contributed by atoms with Gasteiger partial charge in [-0.3, -0.25) is 14.9 Å². The minimum atomic E-state index is -0.357. The summed E-state index contributed by atoms with van der Waals surface area (Å²) >= 11 is 6.33. The molecule has 3 N–H and O–H groups in total. The van der Waals surface area contributed by atoms with E-state index in [4.69, 9.17) is 16.3 Å². The summed E-state index contributed by atoms with van der Waals surface area (Å²) in [6.45, 7) is 4.52. The number of aliphatic imine (C=N–C) groups is 1. The van der Waals surface area contributed by atoms with Gasteiger partial charge in [0, 0.05) is 24.8 Å². The lowest BCUT2D eigenvalue weighted by molar-refractivity contribution is -0.114. The molecule has 30 heavy (non-hydrogen) atoms. The molecule has 0 aromatic heterocycles. The van der Waals surface area contributed by atoms with Crippen molar-refractivity contribution in [1.82, 2.24) is 5.32 Å². The zero-order valence-electron chi connectivity index (χ0n) is 17.0. The summed E-state index contributed by atoms with van der Waals surface area (Å²) < 4.78 is 5.62. The van der Waals surface area contributed by atoms with Crippen LogP contribution in [0.25, 0.3) is 0 Å². The van der Waals surface area contributed by atoms with Gasteiger partial charge in [-0.25, -0.2) is 4.99 Å². The number of anilines is 2. The summed E-state index contributed by atoms with van der Waals surface area (Å²) in [5.74, 6) is -0.280. The first-order chi connectivity index (χ1) is 14.4. The first kappa shape index (κ1) is 21.8. The number of nitrogens with zero attached hydrogens (tertiary/aromatic N) is 1. The molecule has 0 aliphatic carbocycles. The van der Waals surface area contributed by atoms with Gasteiger partial charge < -0.3 is 15.4 Å². The Kier molecular flexibility index (Phi) is 7.43. The van der Waals surface area contributed by atoms with E-state index in [0.717, 1.165) is 25.0 Å². The molecule has 2 aromatic rings. The fourth-order valence-corrected chi connectivity index (χ4v) is 3.34. The van der Waals surface area contributed by atoms with Crippen LogP contribution in [0.5, 0.6) is 0 Å². The molecule has 7 nitrogen and oxygen atoms in total. The molecule has 1 aliphatic rings. The highest BCUT2D eigenvalue weighted by Gasteiger charge is 2.17. The Labute approximate surface area is 180 Å². The number of aryl methyl sites for hydroxylation is 1. The van der Waals surface area contributed by atoms with E-state index in [1.54, 1.807) is 24.3 Å². The molecule has 1 fully saturated rings. The second-order valence-corrected chi connectivity index (χ2v) is 7.56. The van der Waals surface area contributed by atoms with Crippen molar-refractivity contribution in [3.05, 3.63) is 58.6 Å². The van der Waals surface area contributed by atoms with Crippen LogP contribution in [0.15, 0.2) is 47.5 Å². The molecule has 0 saturated carbocycles. The Morgan fingerprint density at radius 2 is 2.03 bits per heavy atom. The number of rotatable bonds is 5. The first-order valence-electron chi connectivity index (χ1n) is 9.79. The number of hydrogen-bond acceptors (Lipinski definition) is 4. The average molecular weight is 429 g/mol. The molecule has 0 spiro atoms. The third-order valence-corrected chi connectivity index (χ3v) is 4.84. The summed E-state index contributed by atoms with van der Waals surface area (Å²) in [5, 5.41) is 9.11. The predicted octanol–water partition coefficient (Wildman–Crippen LogP) is 3.98. The van der Waals surface area contributed by atoms with E-state index < -0.39 is 0 Å². The van der Waals surface area contributed by atoms with Gasteiger partial charge in [0.15, 0.2) is 0 Å². The Bertz CT molecular complexity index is 955. The average Bonchev–Trinajstić information content (AvgIpc) is 3.21. The van der Waals surface area contributed by atoms with Gasteiger partial charge in [-0.05, 0) is 55.7 Å². The van der Waals surface area contributed by atoms with Crippen LogP contribution in [0, 0.1) is 6.92 Å². The second kappa shape index (κ2) is 10.2. The maximum Gasteiger partial charge on any atom is 0.258 e. The number of hydrogen-bond donors (Lipinski definition) is 3. The van der Waals surface area contributed by atoms with E-state index in [0.29, 0.717) is 28.5 Å². The molecule has 2 amide bonds. The van der Waals surface area contributed by atoms with Crippen LogP contribution in [0.1, 0.15) is 35.7 Å². The van der Waals surface area contributed by atoms with Crippen LogP contribution >= 0.6 is 11.6 Å². The van der Waals surface area contributed by atoms with E-state index in [-0.39, 0.29) is 23.9 Å². The second-order valence-electron chi connectivity index (χ2n) is 7.15. The number of nitrogens with one attached hydrogen (secondary N) is 3. The summed E-state index contributed by atoms with van der Waals surface area (Å²) in [5.41, 5.74) is 2.60. The molecule has 1 saturated heterocycles. The van der Waals surface area contributed by atoms with Crippen molar-refractivity contribution in [2.24, 2.45) is 4.99 Å². The highest BCUT2D eigenvalue weighted by Crippen LogP contribution is 2.23. The maximum absolute atomic E-state index is 12.8. The third kappa shape index (κ3) is 6.30. The van der Waals surface area contributed by atoms with Crippen molar-refractivity contribution in [3.63, 3.8) is 0 Å². The van der Waals surface area contributed by atoms with Gasteiger partial charge in [0.1, 0.15) is 0 Å². The molecule has 0 radical (unpaired) electrons. The van der Waals surface area contributed by atoms with E-state index in [9.17, 15) is 9.59 Å². The van der Waals surface area contributed by atoms with Gasteiger partial charge in [0.2, 0.25) is 11.9 Å². The normalized spacial score (nSPS) is 16.2. The number of carbonyl (C=O) groups excluding carboxylic acids is 2. The smallest absolute Gasteiger partial charge is 0.258 e. The van der Waals surface area contributed by atoms with Crippen LogP contribution in [0.4, 0.5) is 11.4 Å². The summed E-state index contributed by atoms with van der Waals surface area (Å²) in [6.07, 6.45) is 1.99. The summed E-state index contributed by atoms with van der Waals surface area (Å²) in [4.78, 5) is 28.6. The minimum Gasteiger partial charge on any atom is -0.376 e. The lowest BCUT2D eigenvalue weighted by atomic mass is 10.2. The van der Waals surface area contributed by atoms with Crippen molar-refractivity contribution < 1.29 is 14.3 Å². The Balaban J connectivity index is 1.77. The fraction of sp³-hybridized carbons (Fsp3) is 0.318. The van der Waals surface area contributed by atoms with E-state index >= 15 is 0 Å². The molecule has 0 bridgehead atoms. The molecule has 1 aliphatic heterocycles. The lowest BCUT2D eigenvalue weighted by Crippen LogP contribution is -2.37. The van der Waals surface area contributed by atoms with E-state index in [2.05, 4.69) is 20.9 Å². The number of carbonyl (C=O) groups is 2. The molecule has 2 aromatic carbocycles. The van der Waals surface area contributed by atoms with Gasteiger partial charge in [0.05, 0.1) is 23.4 Å². The van der Waals surface area contributed by atoms with E-state index in [1.807, 2.05) is 25.1 Å². The van der Waals surface area contributed by atoms with Gasteiger partial charge in [-0.2, -0.15) is 0 Å². The SMILES string of the molecule is CC(=O)Nc1cccc(C(=O)NC(=NC[C@H]2CCCO2)Nc2ccc(C)cc2Cl)c1. The van der Waals surface area contributed by atoms with Crippen molar-refractivity contribution in [2.75, 3.05) is 23.8 Å². The van der Waals surface area contributed by atoms with Gasteiger partial charge >= 0.3 is 0 Å². The molecular weight excluding hydrogens is 404 g/mol. The third-order valence-electron chi connectivity index (χ3n) is 4.53. The first-order valence-corrected chi connectivity index (χ1v) is 10.2. The maximum atomic E-state index is 12.8.